The Morgan fingerprint density at radius 1 is 1.57 bits per heavy atom. The van der Waals surface area contributed by atoms with Crippen LogP contribution in [0.15, 0.2) is 11.6 Å². The van der Waals surface area contributed by atoms with Gasteiger partial charge in [0.25, 0.3) is 0 Å². The Morgan fingerprint density at radius 3 is 2.79 bits per heavy atom. The summed E-state index contributed by atoms with van der Waals surface area (Å²) >= 11 is 1.51. The van der Waals surface area contributed by atoms with E-state index in [0.29, 0.717) is 0 Å². The van der Waals surface area contributed by atoms with E-state index in [1.165, 1.54) is 11.3 Å². The van der Waals surface area contributed by atoms with Crippen molar-refractivity contribution in [3.8, 4) is 0 Å². The molecule has 0 aromatic carbocycles. The van der Waals surface area contributed by atoms with E-state index in [1.54, 1.807) is 6.20 Å². The molecule has 0 saturated heterocycles. The van der Waals surface area contributed by atoms with Crippen molar-refractivity contribution in [2.45, 2.75) is 32.9 Å². The Morgan fingerprint density at radius 2 is 2.29 bits per heavy atom. The van der Waals surface area contributed by atoms with Gasteiger partial charge in [0.2, 0.25) is 0 Å². The van der Waals surface area contributed by atoms with Gasteiger partial charge in [0.15, 0.2) is 0 Å². The van der Waals surface area contributed by atoms with Crippen molar-refractivity contribution in [1.29, 1.82) is 0 Å². The molecule has 1 unspecified atom stereocenters. The predicted octanol–water partition coefficient (Wildman–Crippen LogP) is 2.34. The average Bonchev–Trinajstić information content (AvgIpc) is 2.53. The summed E-state index contributed by atoms with van der Waals surface area (Å²) in [5, 5.41) is 5.46. The molecule has 1 rings (SSSR count). The van der Waals surface area contributed by atoms with Crippen LogP contribution in [0.2, 0.25) is 0 Å². The van der Waals surface area contributed by atoms with Gasteiger partial charge in [-0.3, -0.25) is 0 Å². The number of thiazole rings is 1. The van der Waals surface area contributed by atoms with Crippen LogP contribution in [0.25, 0.3) is 0 Å². The molecule has 0 radical (unpaired) electrons. The number of hydrogen-bond donors (Lipinski definition) is 1. The second-order valence-corrected chi connectivity index (χ2v) is 4.12. The summed E-state index contributed by atoms with van der Waals surface area (Å²) in [4.78, 5) is 15.3. The molecule has 5 heteroatoms. The molecule has 0 bridgehead atoms. The standard InChI is InChI=1S/C9H14N2O2S/c1-6(2)13-9(12)11-7(3)8-10-4-5-14-8/h4-7H,1-3H3,(H,11,12). The summed E-state index contributed by atoms with van der Waals surface area (Å²) in [5.41, 5.74) is 0. The minimum atomic E-state index is -0.400. The van der Waals surface area contributed by atoms with Crippen molar-refractivity contribution in [3.63, 3.8) is 0 Å². The number of nitrogens with one attached hydrogen (secondary N) is 1. The number of carbonyl (C=O) groups excluding carboxylic acids is 1. The van der Waals surface area contributed by atoms with Gasteiger partial charge in [-0.1, -0.05) is 0 Å². The van der Waals surface area contributed by atoms with Gasteiger partial charge in [0.05, 0.1) is 12.1 Å². The SMILES string of the molecule is CC(C)OC(=O)NC(C)c1nccs1. The predicted molar refractivity (Wildman–Crippen MR) is 55.3 cm³/mol. The van der Waals surface area contributed by atoms with E-state index in [4.69, 9.17) is 4.74 Å². The Labute approximate surface area is 87.3 Å². The highest BCUT2D eigenvalue weighted by atomic mass is 32.1. The van der Waals surface area contributed by atoms with Crippen molar-refractivity contribution < 1.29 is 9.53 Å². The Kier molecular flexibility index (Phi) is 3.88. The van der Waals surface area contributed by atoms with Crippen molar-refractivity contribution in [3.05, 3.63) is 16.6 Å². The molecule has 0 fully saturated rings. The summed E-state index contributed by atoms with van der Waals surface area (Å²) in [6, 6.07) is -0.0961. The molecular formula is C9H14N2O2S. The molecule has 1 aromatic heterocycles. The van der Waals surface area contributed by atoms with Crippen molar-refractivity contribution in [2.75, 3.05) is 0 Å². The van der Waals surface area contributed by atoms with Crippen LogP contribution in [0, 0.1) is 0 Å². The molecule has 0 aliphatic heterocycles. The number of ether oxygens (including phenoxy) is 1. The van der Waals surface area contributed by atoms with Crippen molar-refractivity contribution in [2.24, 2.45) is 0 Å². The summed E-state index contributed by atoms with van der Waals surface area (Å²) in [7, 11) is 0. The van der Waals surface area contributed by atoms with Crippen LogP contribution in [-0.2, 0) is 4.74 Å². The molecule has 1 heterocycles. The Hall–Kier alpha value is -1.10. The lowest BCUT2D eigenvalue weighted by atomic mass is 10.4. The molecule has 1 N–H and O–H groups in total. The van der Waals surface area contributed by atoms with Gasteiger partial charge in [-0.25, -0.2) is 9.78 Å². The largest absolute Gasteiger partial charge is 0.447 e. The van der Waals surface area contributed by atoms with E-state index in [-0.39, 0.29) is 12.1 Å². The highest BCUT2D eigenvalue weighted by Crippen LogP contribution is 2.14. The van der Waals surface area contributed by atoms with E-state index in [1.807, 2.05) is 26.2 Å². The topological polar surface area (TPSA) is 51.2 Å². The molecule has 0 aliphatic rings. The molecular weight excluding hydrogens is 200 g/mol. The monoisotopic (exact) mass is 214 g/mol. The van der Waals surface area contributed by atoms with Crippen molar-refractivity contribution in [1.82, 2.24) is 10.3 Å². The summed E-state index contributed by atoms with van der Waals surface area (Å²) in [6.45, 7) is 5.50. The molecule has 4 nitrogen and oxygen atoms in total. The van der Waals surface area contributed by atoms with E-state index in [2.05, 4.69) is 10.3 Å². The Bertz CT molecular complexity index is 285. The summed E-state index contributed by atoms with van der Waals surface area (Å²) in [5.74, 6) is 0. The number of alkyl carbamates (subject to hydrolysis) is 1. The first-order chi connectivity index (χ1) is 6.59. The van der Waals surface area contributed by atoms with Crippen LogP contribution in [0.4, 0.5) is 4.79 Å². The van der Waals surface area contributed by atoms with E-state index in [9.17, 15) is 4.79 Å². The van der Waals surface area contributed by atoms with Gasteiger partial charge in [-0.15, -0.1) is 11.3 Å². The van der Waals surface area contributed by atoms with Crippen molar-refractivity contribution >= 4 is 17.4 Å². The zero-order chi connectivity index (χ0) is 10.6. The Balaban J connectivity index is 2.41. The molecule has 1 aromatic rings. The molecule has 78 valence electrons. The van der Waals surface area contributed by atoms with Gasteiger partial charge in [-0.05, 0) is 20.8 Å². The van der Waals surface area contributed by atoms with E-state index < -0.39 is 6.09 Å². The fraction of sp³-hybridized carbons (Fsp3) is 0.556. The van der Waals surface area contributed by atoms with E-state index in [0.717, 1.165) is 5.01 Å². The molecule has 1 amide bonds. The smallest absolute Gasteiger partial charge is 0.407 e. The number of nitrogens with zero attached hydrogens (tertiary/aromatic N) is 1. The number of amides is 1. The second-order valence-electron chi connectivity index (χ2n) is 3.19. The lowest BCUT2D eigenvalue weighted by molar-refractivity contribution is 0.113. The van der Waals surface area contributed by atoms with Gasteiger partial charge in [0.1, 0.15) is 5.01 Å². The maximum atomic E-state index is 11.2. The van der Waals surface area contributed by atoms with Crippen LogP contribution in [-0.4, -0.2) is 17.2 Å². The third-order valence-corrected chi connectivity index (χ3v) is 2.46. The first-order valence-corrected chi connectivity index (χ1v) is 5.34. The normalized spacial score (nSPS) is 12.6. The quantitative estimate of drug-likeness (QED) is 0.840. The maximum absolute atomic E-state index is 11.2. The van der Waals surface area contributed by atoms with E-state index >= 15 is 0 Å². The number of carbonyl (C=O) groups is 1. The minimum Gasteiger partial charge on any atom is -0.447 e. The van der Waals surface area contributed by atoms with Gasteiger partial charge in [0, 0.05) is 11.6 Å². The highest BCUT2D eigenvalue weighted by molar-refractivity contribution is 7.09. The van der Waals surface area contributed by atoms with Crippen LogP contribution in [0.5, 0.6) is 0 Å². The lowest BCUT2D eigenvalue weighted by Gasteiger charge is -2.13. The third-order valence-electron chi connectivity index (χ3n) is 1.50. The lowest BCUT2D eigenvalue weighted by Crippen LogP contribution is -2.29. The maximum Gasteiger partial charge on any atom is 0.407 e. The average molecular weight is 214 g/mol. The number of hydrogen-bond acceptors (Lipinski definition) is 4. The summed E-state index contributed by atoms with van der Waals surface area (Å²) in [6.07, 6.45) is 1.22. The first-order valence-electron chi connectivity index (χ1n) is 4.46. The first kappa shape index (κ1) is 11.0. The molecule has 0 aliphatic carbocycles. The highest BCUT2D eigenvalue weighted by Gasteiger charge is 2.12. The molecule has 0 spiro atoms. The molecule has 0 saturated carbocycles. The fourth-order valence-corrected chi connectivity index (χ4v) is 1.58. The van der Waals surface area contributed by atoms with Crippen LogP contribution < -0.4 is 5.32 Å². The van der Waals surface area contributed by atoms with Gasteiger partial charge < -0.3 is 10.1 Å². The molecule has 14 heavy (non-hydrogen) atoms. The van der Waals surface area contributed by atoms with Crippen LogP contribution in [0.3, 0.4) is 0 Å². The second kappa shape index (κ2) is 4.95. The molecule has 1 atom stereocenters. The van der Waals surface area contributed by atoms with Gasteiger partial charge >= 0.3 is 6.09 Å². The van der Waals surface area contributed by atoms with Gasteiger partial charge in [-0.2, -0.15) is 0 Å². The third kappa shape index (κ3) is 3.33. The van der Waals surface area contributed by atoms with Crippen LogP contribution in [0.1, 0.15) is 31.8 Å². The number of rotatable bonds is 3. The number of aromatic nitrogens is 1. The van der Waals surface area contributed by atoms with Crippen LogP contribution >= 0.6 is 11.3 Å². The minimum absolute atomic E-state index is 0.0961. The zero-order valence-electron chi connectivity index (χ0n) is 8.48. The fourth-order valence-electron chi connectivity index (χ4n) is 0.935. The zero-order valence-corrected chi connectivity index (χ0v) is 9.30. The summed E-state index contributed by atoms with van der Waals surface area (Å²) < 4.78 is 4.95.